The number of pyridine rings is 2. The third-order valence-corrected chi connectivity index (χ3v) is 7.72. The fourth-order valence-corrected chi connectivity index (χ4v) is 5.62. The highest BCUT2D eigenvalue weighted by Gasteiger charge is 2.34. The first-order valence-corrected chi connectivity index (χ1v) is 13.8. The average molecular weight is 590 g/mol. The van der Waals surface area contributed by atoms with Crippen molar-refractivity contribution >= 4 is 28.4 Å². The smallest absolute Gasteiger partial charge is 0.355 e. The molecule has 1 aromatic carbocycles. The normalized spacial score (nSPS) is 16.8. The number of rotatable bonds is 5. The number of carbonyl (C=O) groups excluding carboxylic acids is 1. The molecular formula is C32H37F2N7O2. The van der Waals surface area contributed by atoms with E-state index in [4.69, 9.17) is 5.73 Å². The van der Waals surface area contributed by atoms with Gasteiger partial charge in [-0.2, -0.15) is 4.98 Å². The van der Waals surface area contributed by atoms with Gasteiger partial charge in [0.2, 0.25) is 5.91 Å². The van der Waals surface area contributed by atoms with E-state index < -0.39 is 17.3 Å². The summed E-state index contributed by atoms with van der Waals surface area (Å²) in [5.41, 5.74) is 6.86. The Kier molecular flexibility index (Phi) is 8.66. The standard InChI is InChI=1S/C31H33F2N7O2.CH4/c1-7-24(41)38-14-19(6)39(15-18(38)5)29-20-13-22(33)27(25-21(32)9-8-10-23(25)34)36-30(20)40(31(42)37-29)28-17(4)11-12-35-26(28)16(2)3;/h7-13,16,18-19H,1,14-15,34H2,2-6H3;1H4/t18-,19+;/m1./s1. The molecule has 1 aliphatic rings. The Morgan fingerprint density at radius 3 is 2.49 bits per heavy atom. The topological polar surface area (TPSA) is 110 Å². The third-order valence-electron chi connectivity index (χ3n) is 7.72. The lowest BCUT2D eigenvalue weighted by molar-refractivity contribution is -0.128. The van der Waals surface area contributed by atoms with E-state index in [1.807, 2.05) is 39.5 Å². The Bertz CT molecular complexity index is 1770. The van der Waals surface area contributed by atoms with Crippen molar-refractivity contribution in [3.63, 3.8) is 0 Å². The second-order valence-corrected chi connectivity index (χ2v) is 11.0. The molecule has 1 fully saturated rings. The maximum Gasteiger partial charge on any atom is 0.355 e. The zero-order valence-corrected chi connectivity index (χ0v) is 24.2. The molecule has 43 heavy (non-hydrogen) atoms. The molecule has 1 saturated heterocycles. The summed E-state index contributed by atoms with van der Waals surface area (Å²) in [5.74, 6) is -1.60. The van der Waals surface area contributed by atoms with Crippen molar-refractivity contribution in [2.75, 3.05) is 23.7 Å². The second-order valence-electron chi connectivity index (χ2n) is 11.0. The van der Waals surface area contributed by atoms with Crippen LogP contribution < -0.4 is 16.3 Å². The number of carbonyl (C=O) groups is 1. The highest BCUT2D eigenvalue weighted by atomic mass is 19.1. The molecule has 11 heteroatoms. The average Bonchev–Trinajstić information content (AvgIpc) is 2.94. The molecule has 2 atom stereocenters. The second kappa shape index (κ2) is 11.9. The minimum atomic E-state index is -0.819. The van der Waals surface area contributed by atoms with Crippen molar-refractivity contribution < 1.29 is 13.6 Å². The molecule has 1 amide bonds. The van der Waals surface area contributed by atoms with Crippen molar-refractivity contribution in [2.45, 2.75) is 60.0 Å². The summed E-state index contributed by atoms with van der Waals surface area (Å²) in [6.45, 7) is 13.8. The molecule has 0 spiro atoms. The summed E-state index contributed by atoms with van der Waals surface area (Å²) in [4.78, 5) is 43.6. The van der Waals surface area contributed by atoms with Crippen molar-refractivity contribution in [1.29, 1.82) is 0 Å². The largest absolute Gasteiger partial charge is 0.398 e. The summed E-state index contributed by atoms with van der Waals surface area (Å²) in [7, 11) is 0. The van der Waals surface area contributed by atoms with Crippen LogP contribution in [-0.4, -0.2) is 55.5 Å². The van der Waals surface area contributed by atoms with E-state index in [0.29, 0.717) is 24.5 Å². The number of nitrogen functional groups attached to an aromatic ring is 1. The van der Waals surface area contributed by atoms with Gasteiger partial charge in [-0.05, 0) is 62.6 Å². The summed E-state index contributed by atoms with van der Waals surface area (Å²) in [5, 5.41) is 0.256. The summed E-state index contributed by atoms with van der Waals surface area (Å²) in [6.07, 6.45) is 2.93. The van der Waals surface area contributed by atoms with Gasteiger partial charge in [0.05, 0.1) is 22.3 Å². The predicted molar refractivity (Wildman–Crippen MR) is 166 cm³/mol. The van der Waals surface area contributed by atoms with Gasteiger partial charge in [-0.25, -0.2) is 23.1 Å². The number of nitrogens with zero attached hydrogens (tertiary/aromatic N) is 6. The molecular weight excluding hydrogens is 552 g/mol. The molecule has 2 N–H and O–H groups in total. The van der Waals surface area contributed by atoms with Crippen molar-refractivity contribution in [1.82, 2.24) is 24.4 Å². The van der Waals surface area contributed by atoms with Gasteiger partial charge in [0.25, 0.3) is 0 Å². The van der Waals surface area contributed by atoms with Crippen LogP contribution in [0.15, 0.2) is 54.0 Å². The van der Waals surface area contributed by atoms with E-state index in [1.54, 1.807) is 17.2 Å². The first-order chi connectivity index (χ1) is 19.9. The number of amides is 1. The number of aromatic nitrogens is 4. The molecule has 0 aliphatic carbocycles. The summed E-state index contributed by atoms with van der Waals surface area (Å²) in [6, 6.07) is 6.55. The molecule has 4 aromatic rings. The monoisotopic (exact) mass is 589 g/mol. The van der Waals surface area contributed by atoms with Crippen LogP contribution in [0.2, 0.25) is 0 Å². The lowest BCUT2D eigenvalue weighted by Crippen LogP contribution is -2.58. The van der Waals surface area contributed by atoms with E-state index in [9.17, 15) is 9.59 Å². The summed E-state index contributed by atoms with van der Waals surface area (Å²) < 4.78 is 32.3. The van der Waals surface area contributed by atoms with Crippen LogP contribution in [0.3, 0.4) is 0 Å². The minimum Gasteiger partial charge on any atom is -0.398 e. The van der Waals surface area contributed by atoms with E-state index in [-0.39, 0.29) is 65.1 Å². The zero-order valence-electron chi connectivity index (χ0n) is 24.2. The minimum absolute atomic E-state index is 0. The molecule has 9 nitrogen and oxygen atoms in total. The molecule has 1 aliphatic heterocycles. The van der Waals surface area contributed by atoms with Gasteiger partial charge in [-0.1, -0.05) is 33.9 Å². The Labute approximate surface area is 249 Å². The highest BCUT2D eigenvalue weighted by Crippen LogP contribution is 2.36. The van der Waals surface area contributed by atoms with Crippen molar-refractivity contribution in [2.24, 2.45) is 0 Å². The van der Waals surface area contributed by atoms with E-state index in [0.717, 1.165) is 5.56 Å². The first kappa shape index (κ1) is 31.3. The SMILES string of the molecule is C.C=CC(=O)N1C[C@H](C)N(c2nc(=O)n(-c3c(C)ccnc3C(C)C)c3nc(-c4c(N)cccc4F)c(F)cc23)C[C@H]1C. The maximum absolute atomic E-state index is 15.9. The van der Waals surface area contributed by atoms with Crippen LogP contribution in [0.25, 0.3) is 28.0 Å². The molecule has 226 valence electrons. The highest BCUT2D eigenvalue weighted by molar-refractivity contribution is 5.92. The van der Waals surface area contributed by atoms with Crippen LogP contribution in [0.4, 0.5) is 20.3 Å². The number of benzene rings is 1. The Balaban J connectivity index is 0.00000423. The quantitative estimate of drug-likeness (QED) is 0.246. The van der Waals surface area contributed by atoms with E-state index >= 15 is 8.78 Å². The van der Waals surface area contributed by atoms with Crippen LogP contribution in [0, 0.1) is 18.6 Å². The predicted octanol–water partition coefficient (Wildman–Crippen LogP) is 5.38. The van der Waals surface area contributed by atoms with Gasteiger partial charge in [0.1, 0.15) is 17.3 Å². The Morgan fingerprint density at radius 2 is 1.84 bits per heavy atom. The number of hydrogen-bond donors (Lipinski definition) is 1. The molecule has 5 rings (SSSR count). The van der Waals surface area contributed by atoms with Gasteiger partial charge in [-0.3, -0.25) is 9.78 Å². The third kappa shape index (κ3) is 5.35. The van der Waals surface area contributed by atoms with Crippen LogP contribution in [0.5, 0.6) is 0 Å². The number of piperazine rings is 1. The lowest BCUT2D eigenvalue weighted by Gasteiger charge is -2.44. The molecule has 0 saturated carbocycles. The molecule has 4 heterocycles. The fourth-order valence-electron chi connectivity index (χ4n) is 5.62. The van der Waals surface area contributed by atoms with Crippen LogP contribution in [-0.2, 0) is 4.79 Å². The first-order valence-electron chi connectivity index (χ1n) is 13.8. The number of nitrogens with two attached hydrogens (primary N) is 1. The molecule has 3 aromatic heterocycles. The Morgan fingerprint density at radius 1 is 1.12 bits per heavy atom. The van der Waals surface area contributed by atoms with Crippen molar-refractivity contribution in [3.05, 3.63) is 82.6 Å². The van der Waals surface area contributed by atoms with Gasteiger partial charge < -0.3 is 15.5 Å². The van der Waals surface area contributed by atoms with E-state index in [2.05, 4.69) is 21.5 Å². The van der Waals surface area contributed by atoms with Gasteiger partial charge in [0.15, 0.2) is 11.5 Å². The number of aryl methyl sites for hydroxylation is 1. The number of anilines is 2. The van der Waals surface area contributed by atoms with Gasteiger partial charge >= 0.3 is 5.69 Å². The van der Waals surface area contributed by atoms with Crippen molar-refractivity contribution in [3.8, 4) is 16.9 Å². The maximum atomic E-state index is 15.9. The number of fused-ring (bicyclic) bond motifs is 1. The summed E-state index contributed by atoms with van der Waals surface area (Å²) >= 11 is 0. The fraction of sp³-hybridized carbons (Fsp3) is 0.344. The van der Waals surface area contributed by atoms with Crippen LogP contribution in [0.1, 0.15) is 52.3 Å². The molecule has 0 bridgehead atoms. The lowest BCUT2D eigenvalue weighted by atomic mass is 10.0. The van der Waals surface area contributed by atoms with Gasteiger partial charge in [0, 0.05) is 37.1 Å². The van der Waals surface area contributed by atoms with Crippen LogP contribution >= 0.6 is 0 Å². The van der Waals surface area contributed by atoms with Gasteiger partial charge in [-0.15, -0.1) is 0 Å². The van der Waals surface area contributed by atoms with E-state index in [1.165, 1.54) is 34.9 Å². The molecule has 0 unspecified atom stereocenters. The Hall–Kier alpha value is -4.67. The zero-order chi connectivity index (χ0) is 30.5. The number of halogens is 2. The number of hydrogen-bond acceptors (Lipinski definition) is 7. The molecule has 0 radical (unpaired) electrons.